The summed E-state index contributed by atoms with van der Waals surface area (Å²) in [6.07, 6.45) is 0. The van der Waals surface area contributed by atoms with E-state index < -0.39 is 0 Å². The Morgan fingerprint density at radius 2 is 1.85 bits per heavy atom. The van der Waals surface area contributed by atoms with Gasteiger partial charge in [0.05, 0.1) is 0 Å². The molecule has 13 heavy (non-hydrogen) atoms. The lowest BCUT2D eigenvalue weighted by atomic mass is 10.2. The van der Waals surface area contributed by atoms with Crippen LogP contribution in [0, 0.1) is 9.49 Å². The predicted molar refractivity (Wildman–Crippen MR) is 65.7 cm³/mol. The third-order valence-electron chi connectivity index (χ3n) is 1.79. The standard InChI is InChI=1S/C11H16IN/c1-9(2)7-13-8-10-3-5-11(12)6-4-10/h3-6,9,13H,7-8H2,1-2H3. The summed E-state index contributed by atoms with van der Waals surface area (Å²) < 4.78 is 1.30. The van der Waals surface area contributed by atoms with E-state index in [-0.39, 0.29) is 0 Å². The van der Waals surface area contributed by atoms with E-state index in [1.54, 1.807) is 0 Å². The Morgan fingerprint density at radius 1 is 1.23 bits per heavy atom. The fourth-order valence-corrected chi connectivity index (χ4v) is 1.47. The Balaban J connectivity index is 2.33. The average Bonchev–Trinajstić information content (AvgIpc) is 2.08. The topological polar surface area (TPSA) is 12.0 Å². The van der Waals surface area contributed by atoms with Gasteiger partial charge >= 0.3 is 0 Å². The van der Waals surface area contributed by atoms with Crippen LogP contribution in [0.2, 0.25) is 0 Å². The summed E-state index contributed by atoms with van der Waals surface area (Å²) in [6.45, 7) is 6.52. The lowest BCUT2D eigenvalue weighted by molar-refractivity contribution is 0.552. The Kier molecular flexibility index (Phi) is 4.73. The fraction of sp³-hybridized carbons (Fsp3) is 0.455. The van der Waals surface area contributed by atoms with E-state index in [2.05, 4.69) is 66.0 Å². The zero-order chi connectivity index (χ0) is 9.68. The van der Waals surface area contributed by atoms with Gasteiger partial charge in [-0.1, -0.05) is 26.0 Å². The summed E-state index contributed by atoms with van der Waals surface area (Å²) in [7, 11) is 0. The first-order valence-electron chi connectivity index (χ1n) is 4.63. The average molecular weight is 289 g/mol. The molecule has 0 aliphatic rings. The highest BCUT2D eigenvalue weighted by Gasteiger charge is 1.94. The molecule has 0 unspecified atom stereocenters. The van der Waals surface area contributed by atoms with Gasteiger partial charge in [0.25, 0.3) is 0 Å². The van der Waals surface area contributed by atoms with Gasteiger partial charge in [-0.2, -0.15) is 0 Å². The van der Waals surface area contributed by atoms with Crippen molar-refractivity contribution in [1.29, 1.82) is 0 Å². The molecule has 0 saturated heterocycles. The Morgan fingerprint density at radius 3 is 2.38 bits per heavy atom. The molecule has 0 fully saturated rings. The molecule has 0 radical (unpaired) electrons. The molecule has 1 nitrogen and oxygen atoms in total. The van der Waals surface area contributed by atoms with Crippen LogP contribution in [-0.2, 0) is 6.54 Å². The van der Waals surface area contributed by atoms with Gasteiger partial charge in [-0.25, -0.2) is 0 Å². The molecule has 0 aliphatic heterocycles. The van der Waals surface area contributed by atoms with E-state index in [1.165, 1.54) is 9.13 Å². The minimum Gasteiger partial charge on any atom is -0.312 e. The van der Waals surface area contributed by atoms with Gasteiger partial charge in [0.2, 0.25) is 0 Å². The highest BCUT2D eigenvalue weighted by atomic mass is 127. The van der Waals surface area contributed by atoms with Gasteiger partial charge in [-0.3, -0.25) is 0 Å². The van der Waals surface area contributed by atoms with Crippen LogP contribution in [0.25, 0.3) is 0 Å². The Labute approximate surface area is 94.1 Å². The van der Waals surface area contributed by atoms with Crippen molar-refractivity contribution in [3.05, 3.63) is 33.4 Å². The minimum absolute atomic E-state index is 0.726. The van der Waals surface area contributed by atoms with Crippen molar-refractivity contribution in [1.82, 2.24) is 5.32 Å². The Bertz CT molecular complexity index is 241. The van der Waals surface area contributed by atoms with Crippen LogP contribution in [0.4, 0.5) is 0 Å². The first-order valence-corrected chi connectivity index (χ1v) is 5.71. The van der Waals surface area contributed by atoms with Crippen LogP contribution in [0.3, 0.4) is 0 Å². The van der Waals surface area contributed by atoms with E-state index >= 15 is 0 Å². The summed E-state index contributed by atoms with van der Waals surface area (Å²) in [5.74, 6) is 0.726. The molecular weight excluding hydrogens is 273 g/mol. The smallest absolute Gasteiger partial charge is 0.0205 e. The van der Waals surface area contributed by atoms with Crippen LogP contribution < -0.4 is 5.32 Å². The summed E-state index contributed by atoms with van der Waals surface area (Å²) in [5, 5.41) is 3.42. The second-order valence-corrected chi connectivity index (χ2v) is 4.90. The molecule has 0 spiro atoms. The molecule has 0 atom stereocenters. The molecule has 0 bridgehead atoms. The quantitative estimate of drug-likeness (QED) is 0.840. The molecule has 1 aromatic rings. The number of rotatable bonds is 4. The van der Waals surface area contributed by atoms with Gasteiger partial charge in [0.1, 0.15) is 0 Å². The number of benzene rings is 1. The summed E-state index contributed by atoms with van der Waals surface area (Å²) in [5.41, 5.74) is 1.36. The monoisotopic (exact) mass is 289 g/mol. The van der Waals surface area contributed by atoms with E-state index in [0.29, 0.717) is 0 Å². The van der Waals surface area contributed by atoms with Gasteiger partial charge in [0, 0.05) is 10.1 Å². The third-order valence-corrected chi connectivity index (χ3v) is 2.51. The van der Waals surface area contributed by atoms with Crippen LogP contribution in [0.5, 0.6) is 0 Å². The van der Waals surface area contributed by atoms with Gasteiger partial charge < -0.3 is 5.32 Å². The number of nitrogens with one attached hydrogen (secondary N) is 1. The van der Waals surface area contributed by atoms with E-state index in [0.717, 1.165) is 19.0 Å². The van der Waals surface area contributed by atoms with Crippen molar-refractivity contribution < 1.29 is 0 Å². The molecule has 0 aromatic heterocycles. The fourth-order valence-electron chi connectivity index (χ4n) is 1.11. The second kappa shape index (κ2) is 5.60. The Hall–Kier alpha value is -0.0900. The molecule has 1 aromatic carbocycles. The highest BCUT2D eigenvalue weighted by molar-refractivity contribution is 14.1. The van der Waals surface area contributed by atoms with Crippen LogP contribution in [0.1, 0.15) is 19.4 Å². The van der Waals surface area contributed by atoms with Crippen LogP contribution in [-0.4, -0.2) is 6.54 Å². The summed E-state index contributed by atoms with van der Waals surface area (Å²) >= 11 is 2.32. The van der Waals surface area contributed by atoms with Crippen LogP contribution in [0.15, 0.2) is 24.3 Å². The first-order chi connectivity index (χ1) is 6.18. The minimum atomic E-state index is 0.726. The van der Waals surface area contributed by atoms with E-state index in [9.17, 15) is 0 Å². The molecule has 2 heteroatoms. The molecule has 1 rings (SSSR count). The largest absolute Gasteiger partial charge is 0.312 e. The van der Waals surface area contributed by atoms with Gasteiger partial charge in [-0.05, 0) is 52.7 Å². The lowest BCUT2D eigenvalue weighted by Gasteiger charge is -2.07. The highest BCUT2D eigenvalue weighted by Crippen LogP contribution is 2.06. The number of halogens is 1. The first kappa shape index (κ1) is 11.0. The molecule has 0 amide bonds. The van der Waals surface area contributed by atoms with Crippen molar-refractivity contribution in [3.8, 4) is 0 Å². The summed E-state index contributed by atoms with van der Waals surface area (Å²) in [6, 6.07) is 8.64. The lowest BCUT2D eigenvalue weighted by Crippen LogP contribution is -2.18. The van der Waals surface area contributed by atoms with Crippen molar-refractivity contribution in [2.75, 3.05) is 6.54 Å². The zero-order valence-corrected chi connectivity index (χ0v) is 10.3. The molecule has 0 aliphatic carbocycles. The maximum absolute atomic E-state index is 3.42. The third kappa shape index (κ3) is 4.62. The molecule has 1 N–H and O–H groups in total. The zero-order valence-electron chi connectivity index (χ0n) is 8.18. The SMILES string of the molecule is CC(C)CNCc1ccc(I)cc1. The normalized spacial score (nSPS) is 10.8. The van der Waals surface area contributed by atoms with Crippen LogP contribution >= 0.6 is 22.6 Å². The van der Waals surface area contributed by atoms with Crippen molar-refractivity contribution >= 4 is 22.6 Å². The van der Waals surface area contributed by atoms with Crippen molar-refractivity contribution in [3.63, 3.8) is 0 Å². The maximum atomic E-state index is 3.42. The molecule has 72 valence electrons. The predicted octanol–water partition coefficient (Wildman–Crippen LogP) is 3.04. The van der Waals surface area contributed by atoms with Gasteiger partial charge in [-0.15, -0.1) is 0 Å². The van der Waals surface area contributed by atoms with E-state index in [4.69, 9.17) is 0 Å². The maximum Gasteiger partial charge on any atom is 0.0205 e. The number of hydrogen-bond acceptors (Lipinski definition) is 1. The van der Waals surface area contributed by atoms with Crippen molar-refractivity contribution in [2.45, 2.75) is 20.4 Å². The molecule has 0 heterocycles. The van der Waals surface area contributed by atoms with Gasteiger partial charge in [0.15, 0.2) is 0 Å². The number of hydrogen-bond donors (Lipinski definition) is 1. The van der Waals surface area contributed by atoms with Crippen molar-refractivity contribution in [2.24, 2.45) is 5.92 Å². The summed E-state index contributed by atoms with van der Waals surface area (Å²) in [4.78, 5) is 0. The molecular formula is C11H16IN. The van der Waals surface area contributed by atoms with E-state index in [1.807, 2.05) is 0 Å². The second-order valence-electron chi connectivity index (χ2n) is 3.65. The molecule has 0 saturated carbocycles.